The van der Waals surface area contributed by atoms with Gasteiger partial charge in [-0.15, -0.1) is 0 Å². The predicted molar refractivity (Wildman–Crippen MR) is 120 cm³/mol. The van der Waals surface area contributed by atoms with Crippen LogP contribution in [0.3, 0.4) is 0 Å². The van der Waals surface area contributed by atoms with E-state index in [0.29, 0.717) is 17.9 Å². The molecule has 0 radical (unpaired) electrons. The molecule has 3 aliphatic rings. The Kier molecular flexibility index (Phi) is 5.45. The van der Waals surface area contributed by atoms with E-state index in [9.17, 15) is 4.79 Å². The highest BCUT2D eigenvalue weighted by Gasteiger charge is 2.40. The zero-order chi connectivity index (χ0) is 20.3. The van der Waals surface area contributed by atoms with Crippen molar-refractivity contribution in [3.8, 4) is 0 Å². The Hall–Kier alpha value is -2.79. The molecule has 5 heteroatoms. The van der Waals surface area contributed by atoms with Gasteiger partial charge in [-0.3, -0.25) is 0 Å². The fourth-order valence-electron chi connectivity index (χ4n) is 4.77. The van der Waals surface area contributed by atoms with Crippen LogP contribution in [0.15, 0.2) is 60.8 Å². The number of nitrogens with zero attached hydrogens (tertiary/aromatic N) is 1. The highest BCUT2D eigenvalue weighted by molar-refractivity contribution is 5.75. The first-order chi connectivity index (χ1) is 14.8. The van der Waals surface area contributed by atoms with Gasteiger partial charge >= 0.3 is 6.03 Å². The smallest absolute Gasteiger partial charge is 0.317 e. The minimum Gasteiger partial charge on any atom is -0.335 e. The van der Waals surface area contributed by atoms with Crippen LogP contribution in [0.4, 0.5) is 4.79 Å². The highest BCUT2D eigenvalue weighted by Crippen LogP contribution is 2.40. The van der Waals surface area contributed by atoms with Crippen LogP contribution >= 0.6 is 0 Å². The summed E-state index contributed by atoms with van der Waals surface area (Å²) in [6.45, 7) is 2.58. The number of hydrogen-bond donors (Lipinski definition) is 3. The second-order valence-corrected chi connectivity index (χ2v) is 8.81. The van der Waals surface area contributed by atoms with Crippen LogP contribution in [0.5, 0.6) is 0 Å². The quantitative estimate of drug-likeness (QED) is 0.716. The summed E-state index contributed by atoms with van der Waals surface area (Å²) >= 11 is 0. The van der Waals surface area contributed by atoms with Crippen molar-refractivity contribution in [1.29, 1.82) is 0 Å². The molecule has 1 aliphatic carbocycles. The number of urea groups is 1. The van der Waals surface area contributed by atoms with E-state index >= 15 is 0 Å². The number of carbonyl (C=O) groups is 1. The Morgan fingerprint density at radius 3 is 2.67 bits per heavy atom. The largest absolute Gasteiger partial charge is 0.335 e. The summed E-state index contributed by atoms with van der Waals surface area (Å²) in [6.07, 6.45) is 6.35. The number of likely N-dealkylation sites (tertiary alicyclic amines) is 1. The molecule has 2 heterocycles. The van der Waals surface area contributed by atoms with Gasteiger partial charge in [-0.1, -0.05) is 54.6 Å². The van der Waals surface area contributed by atoms with Crippen LogP contribution in [0.2, 0.25) is 0 Å². The minimum atomic E-state index is 0.118. The first-order valence-electron chi connectivity index (χ1n) is 11.1. The average Bonchev–Trinajstić information content (AvgIpc) is 3.32. The molecule has 30 heavy (non-hydrogen) atoms. The number of amides is 2. The Balaban J connectivity index is 1.09. The number of piperidine rings is 1. The highest BCUT2D eigenvalue weighted by atomic mass is 16.2. The summed E-state index contributed by atoms with van der Waals surface area (Å²) in [5.41, 5.74) is 11.5. The van der Waals surface area contributed by atoms with Gasteiger partial charge in [0.05, 0.1) is 0 Å². The van der Waals surface area contributed by atoms with Crippen molar-refractivity contribution in [2.45, 2.75) is 37.6 Å². The molecule has 2 aromatic rings. The summed E-state index contributed by atoms with van der Waals surface area (Å²) in [7, 11) is 0. The van der Waals surface area contributed by atoms with Crippen LogP contribution < -0.4 is 16.2 Å². The minimum absolute atomic E-state index is 0.118. The van der Waals surface area contributed by atoms with E-state index in [0.717, 1.165) is 45.3 Å². The summed E-state index contributed by atoms with van der Waals surface area (Å²) in [5.74, 6) is 1.14. The number of benzene rings is 2. The number of nitrogens with one attached hydrogen (secondary N) is 3. The Labute approximate surface area is 178 Å². The fraction of sp³-hybridized carbons (Fsp3) is 0.400. The first kappa shape index (κ1) is 19.2. The second-order valence-electron chi connectivity index (χ2n) is 8.81. The van der Waals surface area contributed by atoms with E-state index in [1.54, 1.807) is 0 Å². The molecule has 2 atom stereocenters. The summed E-state index contributed by atoms with van der Waals surface area (Å²) in [5, 5.41) is 3.24. The zero-order valence-corrected chi connectivity index (χ0v) is 17.3. The monoisotopic (exact) mass is 402 g/mol. The fourth-order valence-corrected chi connectivity index (χ4v) is 4.77. The number of hydrogen-bond acceptors (Lipinski definition) is 3. The van der Waals surface area contributed by atoms with Gasteiger partial charge in [0, 0.05) is 37.8 Å². The maximum Gasteiger partial charge on any atom is 0.317 e. The standard InChI is InChI=1S/C25H30N4O/c30-25(28-24-15-23(24)20-6-2-1-3-7-20)29-11-9-18(10-12-29)13-19-5-4-8-21(14-19)22-16-26-27-17-22/h1-8,14,16,18,23-24,26-27H,9-13,15,17H2,(H,28,30). The van der Waals surface area contributed by atoms with E-state index in [2.05, 4.69) is 64.7 Å². The predicted octanol–water partition coefficient (Wildman–Crippen LogP) is 3.66. The van der Waals surface area contributed by atoms with Gasteiger partial charge in [0.15, 0.2) is 0 Å². The van der Waals surface area contributed by atoms with Crippen molar-refractivity contribution in [3.05, 3.63) is 77.5 Å². The van der Waals surface area contributed by atoms with E-state index in [4.69, 9.17) is 0 Å². The van der Waals surface area contributed by atoms with Crippen molar-refractivity contribution < 1.29 is 4.79 Å². The van der Waals surface area contributed by atoms with Gasteiger partial charge in [0.1, 0.15) is 0 Å². The maximum atomic E-state index is 12.7. The van der Waals surface area contributed by atoms with Gasteiger partial charge in [-0.2, -0.15) is 0 Å². The molecular weight excluding hydrogens is 372 g/mol. The molecule has 156 valence electrons. The van der Waals surface area contributed by atoms with Crippen LogP contribution in [0.1, 0.15) is 41.9 Å². The average molecular weight is 403 g/mol. The van der Waals surface area contributed by atoms with Crippen LogP contribution in [-0.4, -0.2) is 36.6 Å². The van der Waals surface area contributed by atoms with Crippen molar-refractivity contribution >= 4 is 11.6 Å². The van der Waals surface area contributed by atoms with Crippen molar-refractivity contribution in [2.24, 2.45) is 5.92 Å². The Bertz CT molecular complexity index is 918. The zero-order valence-electron chi connectivity index (χ0n) is 17.3. The molecule has 5 nitrogen and oxygen atoms in total. The number of hydrazine groups is 1. The number of rotatable bonds is 5. The van der Waals surface area contributed by atoms with Gasteiger partial charge in [0.2, 0.25) is 0 Å². The van der Waals surface area contributed by atoms with Gasteiger partial charge in [0.25, 0.3) is 0 Å². The molecule has 2 aromatic carbocycles. The van der Waals surface area contributed by atoms with Crippen LogP contribution in [0, 0.1) is 5.92 Å². The summed E-state index contributed by atoms with van der Waals surface area (Å²) in [4.78, 5) is 14.7. The van der Waals surface area contributed by atoms with E-state index < -0.39 is 0 Å². The molecule has 3 N–H and O–H groups in total. The molecule has 0 aromatic heterocycles. The number of carbonyl (C=O) groups excluding carboxylic acids is 1. The molecule has 2 fully saturated rings. The lowest BCUT2D eigenvalue weighted by atomic mass is 9.89. The van der Waals surface area contributed by atoms with Gasteiger partial charge < -0.3 is 15.6 Å². The molecule has 1 saturated heterocycles. The molecule has 2 amide bonds. The summed E-state index contributed by atoms with van der Waals surface area (Å²) < 4.78 is 0. The maximum absolute atomic E-state index is 12.7. The lowest BCUT2D eigenvalue weighted by molar-refractivity contribution is 0.170. The van der Waals surface area contributed by atoms with E-state index in [-0.39, 0.29) is 6.03 Å². The van der Waals surface area contributed by atoms with E-state index in [1.807, 2.05) is 17.2 Å². The van der Waals surface area contributed by atoms with Crippen LogP contribution in [0.25, 0.3) is 5.57 Å². The molecule has 1 saturated carbocycles. The lowest BCUT2D eigenvalue weighted by Crippen LogP contribution is -2.45. The van der Waals surface area contributed by atoms with Crippen molar-refractivity contribution in [2.75, 3.05) is 19.6 Å². The Morgan fingerprint density at radius 2 is 1.90 bits per heavy atom. The third-order valence-electron chi connectivity index (χ3n) is 6.68. The third kappa shape index (κ3) is 4.36. The topological polar surface area (TPSA) is 56.4 Å². The van der Waals surface area contributed by atoms with Gasteiger partial charge in [-0.05, 0) is 53.9 Å². The molecule has 0 spiro atoms. The third-order valence-corrected chi connectivity index (χ3v) is 6.68. The normalized spacial score (nSPS) is 23.6. The molecular formula is C25H30N4O. The molecule has 5 rings (SSSR count). The lowest BCUT2D eigenvalue weighted by Gasteiger charge is -2.32. The Morgan fingerprint density at radius 1 is 1.07 bits per heavy atom. The van der Waals surface area contributed by atoms with E-state index in [1.165, 1.54) is 22.3 Å². The molecule has 0 bridgehead atoms. The summed E-state index contributed by atoms with van der Waals surface area (Å²) in [6, 6.07) is 19.8. The van der Waals surface area contributed by atoms with Gasteiger partial charge in [-0.25, -0.2) is 10.2 Å². The van der Waals surface area contributed by atoms with Crippen molar-refractivity contribution in [3.63, 3.8) is 0 Å². The molecule has 2 unspecified atom stereocenters. The first-order valence-corrected chi connectivity index (χ1v) is 11.1. The second kappa shape index (κ2) is 8.52. The van der Waals surface area contributed by atoms with Crippen molar-refractivity contribution in [1.82, 2.24) is 21.1 Å². The molecule has 2 aliphatic heterocycles. The van der Waals surface area contributed by atoms with Crippen LogP contribution in [-0.2, 0) is 6.42 Å². The SMILES string of the molecule is O=C(NC1CC1c1ccccc1)N1CCC(Cc2cccc(C3=CNNC3)c2)CC1.